The lowest BCUT2D eigenvalue weighted by molar-refractivity contribution is 0.627. The van der Waals surface area contributed by atoms with Crippen molar-refractivity contribution in [2.24, 2.45) is 5.73 Å². The number of rotatable bonds is 5. The van der Waals surface area contributed by atoms with Crippen LogP contribution >= 0.6 is 23.1 Å². The first-order chi connectivity index (χ1) is 10.2. The highest BCUT2D eigenvalue weighted by Crippen LogP contribution is 2.21. The van der Waals surface area contributed by atoms with Crippen LogP contribution in [0.2, 0.25) is 0 Å². The van der Waals surface area contributed by atoms with Gasteiger partial charge in [0, 0.05) is 13.1 Å². The summed E-state index contributed by atoms with van der Waals surface area (Å²) in [7, 11) is 0. The molecule has 0 unspecified atom stereocenters. The van der Waals surface area contributed by atoms with E-state index in [-0.39, 0.29) is 5.56 Å². The van der Waals surface area contributed by atoms with Crippen LogP contribution in [-0.2, 0) is 12.3 Å². The summed E-state index contributed by atoms with van der Waals surface area (Å²) < 4.78 is 2.62. The van der Waals surface area contributed by atoms with Gasteiger partial charge in [-0.3, -0.25) is 4.79 Å². The number of aromatic amines is 1. The number of thiophene rings is 1. The highest BCUT2D eigenvalue weighted by molar-refractivity contribution is 7.98. The van der Waals surface area contributed by atoms with Gasteiger partial charge in [0.15, 0.2) is 5.16 Å². The molecule has 0 aliphatic carbocycles. The molecule has 0 amide bonds. The van der Waals surface area contributed by atoms with Gasteiger partial charge in [-0.25, -0.2) is 4.98 Å². The number of thioether (sulfide) groups is 1. The van der Waals surface area contributed by atoms with Gasteiger partial charge in [0.05, 0.1) is 11.3 Å². The van der Waals surface area contributed by atoms with Gasteiger partial charge in [0.25, 0.3) is 5.56 Å². The van der Waals surface area contributed by atoms with Crippen LogP contribution in [0.1, 0.15) is 11.6 Å². The molecule has 0 saturated heterocycles. The Balaban J connectivity index is 1.81. The van der Waals surface area contributed by atoms with Gasteiger partial charge < -0.3 is 15.3 Å². The molecule has 0 aliphatic rings. The summed E-state index contributed by atoms with van der Waals surface area (Å²) in [6.07, 6.45) is 0. The Morgan fingerprint density at radius 2 is 2.33 bits per heavy atom. The van der Waals surface area contributed by atoms with Gasteiger partial charge in [-0.15, -0.1) is 21.5 Å². The second kappa shape index (κ2) is 5.96. The number of H-pyrrole nitrogens is 1. The maximum atomic E-state index is 11.9. The van der Waals surface area contributed by atoms with Crippen molar-refractivity contribution < 1.29 is 0 Å². The number of nitrogens with one attached hydrogen (secondary N) is 1. The van der Waals surface area contributed by atoms with Gasteiger partial charge in [0.2, 0.25) is 0 Å². The van der Waals surface area contributed by atoms with Crippen LogP contribution in [0.3, 0.4) is 0 Å². The van der Waals surface area contributed by atoms with Crippen molar-refractivity contribution >= 4 is 33.3 Å². The molecule has 0 saturated carbocycles. The molecule has 3 aromatic heterocycles. The third kappa shape index (κ3) is 2.85. The summed E-state index contributed by atoms with van der Waals surface area (Å²) in [5.41, 5.74) is 6.23. The minimum absolute atomic E-state index is 0.0924. The van der Waals surface area contributed by atoms with Crippen LogP contribution < -0.4 is 11.3 Å². The molecule has 3 rings (SSSR count). The maximum Gasteiger partial charge on any atom is 0.268 e. The zero-order valence-corrected chi connectivity index (χ0v) is 13.0. The largest absolute Gasteiger partial charge is 0.329 e. The van der Waals surface area contributed by atoms with Gasteiger partial charge >= 0.3 is 0 Å². The van der Waals surface area contributed by atoms with Crippen molar-refractivity contribution in [3.63, 3.8) is 0 Å². The molecule has 0 aromatic carbocycles. The number of aryl methyl sites for hydroxylation is 1. The standard InChI is InChI=1S/C12H14N6OS2/c1-7-16-17-12(18(7)4-3-13)21-6-9-14-8-2-5-20-10(8)11(19)15-9/h2,5H,3-4,6,13H2,1H3,(H,14,15,19). The molecule has 3 heterocycles. The monoisotopic (exact) mass is 322 g/mol. The molecule has 0 aliphatic heterocycles. The number of hydrogen-bond donors (Lipinski definition) is 2. The van der Waals surface area contributed by atoms with Crippen LogP contribution in [0.25, 0.3) is 10.2 Å². The van der Waals surface area contributed by atoms with E-state index in [9.17, 15) is 4.79 Å². The van der Waals surface area contributed by atoms with E-state index in [0.717, 1.165) is 16.5 Å². The lowest BCUT2D eigenvalue weighted by Gasteiger charge is -2.06. The van der Waals surface area contributed by atoms with E-state index >= 15 is 0 Å². The molecule has 0 bridgehead atoms. The Morgan fingerprint density at radius 3 is 3.14 bits per heavy atom. The summed E-state index contributed by atoms with van der Waals surface area (Å²) >= 11 is 2.88. The van der Waals surface area contributed by atoms with Crippen LogP contribution in [-0.4, -0.2) is 31.3 Å². The molecule has 110 valence electrons. The van der Waals surface area contributed by atoms with Crippen molar-refractivity contribution in [2.75, 3.05) is 6.54 Å². The molecule has 21 heavy (non-hydrogen) atoms. The van der Waals surface area contributed by atoms with Gasteiger partial charge in [-0.1, -0.05) is 11.8 Å². The van der Waals surface area contributed by atoms with Crippen molar-refractivity contribution in [3.8, 4) is 0 Å². The van der Waals surface area contributed by atoms with Gasteiger partial charge in [-0.05, 0) is 18.4 Å². The molecule has 0 spiro atoms. The minimum atomic E-state index is -0.0924. The lowest BCUT2D eigenvalue weighted by Crippen LogP contribution is -2.12. The second-order valence-electron chi connectivity index (χ2n) is 4.41. The summed E-state index contributed by atoms with van der Waals surface area (Å²) in [6.45, 7) is 3.10. The summed E-state index contributed by atoms with van der Waals surface area (Å²) in [6, 6.07) is 1.85. The maximum absolute atomic E-state index is 11.9. The number of nitrogens with two attached hydrogens (primary N) is 1. The van der Waals surface area contributed by atoms with Crippen LogP contribution in [0, 0.1) is 6.92 Å². The summed E-state index contributed by atoms with van der Waals surface area (Å²) in [5.74, 6) is 2.00. The van der Waals surface area contributed by atoms with Crippen molar-refractivity contribution in [3.05, 3.63) is 33.4 Å². The zero-order chi connectivity index (χ0) is 14.8. The normalized spacial score (nSPS) is 11.3. The van der Waals surface area contributed by atoms with E-state index in [4.69, 9.17) is 5.73 Å². The number of fused-ring (bicyclic) bond motifs is 1. The van der Waals surface area contributed by atoms with Crippen LogP contribution in [0.15, 0.2) is 21.4 Å². The predicted octanol–water partition coefficient (Wildman–Crippen LogP) is 1.14. The summed E-state index contributed by atoms with van der Waals surface area (Å²) in [5, 5.41) is 10.8. The van der Waals surface area contributed by atoms with Gasteiger partial charge in [0.1, 0.15) is 16.3 Å². The fourth-order valence-electron chi connectivity index (χ4n) is 1.98. The molecular weight excluding hydrogens is 308 g/mol. The Kier molecular flexibility index (Phi) is 4.04. The number of aromatic nitrogens is 5. The molecule has 0 atom stereocenters. The summed E-state index contributed by atoms with van der Waals surface area (Å²) in [4.78, 5) is 19.2. The van der Waals surface area contributed by atoms with Crippen molar-refractivity contribution in [1.29, 1.82) is 0 Å². The third-order valence-corrected chi connectivity index (χ3v) is 4.84. The number of hydrogen-bond acceptors (Lipinski definition) is 7. The Labute approximate surface area is 128 Å². The number of nitrogens with zero attached hydrogens (tertiary/aromatic N) is 4. The van der Waals surface area contributed by atoms with E-state index in [1.165, 1.54) is 23.1 Å². The van der Waals surface area contributed by atoms with E-state index in [1.807, 2.05) is 22.9 Å². The van der Waals surface area contributed by atoms with Crippen molar-refractivity contribution in [1.82, 2.24) is 24.7 Å². The minimum Gasteiger partial charge on any atom is -0.329 e. The Morgan fingerprint density at radius 1 is 1.48 bits per heavy atom. The lowest BCUT2D eigenvalue weighted by atomic mass is 10.4. The van der Waals surface area contributed by atoms with E-state index < -0.39 is 0 Å². The SMILES string of the molecule is Cc1nnc(SCc2nc3ccsc3c(=O)[nH]2)n1CCN. The third-order valence-electron chi connectivity index (χ3n) is 2.96. The first-order valence-corrected chi connectivity index (χ1v) is 8.24. The Hall–Kier alpha value is -1.71. The molecule has 0 radical (unpaired) electrons. The first-order valence-electron chi connectivity index (χ1n) is 6.38. The quantitative estimate of drug-likeness (QED) is 0.683. The molecule has 3 aromatic rings. The fraction of sp³-hybridized carbons (Fsp3) is 0.333. The molecular formula is C12H14N6OS2. The fourth-order valence-corrected chi connectivity index (χ4v) is 3.58. The highest BCUT2D eigenvalue weighted by atomic mass is 32.2. The molecule has 3 N–H and O–H groups in total. The van der Waals surface area contributed by atoms with Gasteiger partial charge in [-0.2, -0.15) is 0 Å². The van der Waals surface area contributed by atoms with E-state index in [1.54, 1.807) is 0 Å². The second-order valence-corrected chi connectivity index (χ2v) is 6.26. The molecule has 0 fully saturated rings. The smallest absolute Gasteiger partial charge is 0.268 e. The first kappa shape index (κ1) is 14.2. The molecule has 7 nitrogen and oxygen atoms in total. The predicted molar refractivity (Wildman–Crippen MR) is 83.6 cm³/mol. The Bertz CT molecular complexity index is 821. The van der Waals surface area contributed by atoms with Crippen molar-refractivity contribution in [2.45, 2.75) is 24.4 Å². The van der Waals surface area contributed by atoms with E-state index in [0.29, 0.717) is 29.4 Å². The van der Waals surface area contributed by atoms with Crippen LogP contribution in [0.5, 0.6) is 0 Å². The van der Waals surface area contributed by atoms with Crippen LogP contribution in [0.4, 0.5) is 0 Å². The van der Waals surface area contributed by atoms with E-state index in [2.05, 4.69) is 20.2 Å². The average Bonchev–Trinajstić information content (AvgIpc) is 3.06. The zero-order valence-electron chi connectivity index (χ0n) is 11.4. The highest BCUT2D eigenvalue weighted by Gasteiger charge is 2.11. The topological polar surface area (TPSA) is 102 Å². The average molecular weight is 322 g/mol. The molecule has 9 heteroatoms.